The monoisotopic (exact) mass is 326 g/mol. The van der Waals surface area contributed by atoms with Crippen LogP contribution in [-0.2, 0) is 28.7 Å². The first-order valence-corrected chi connectivity index (χ1v) is 7.47. The average molecular weight is 326 g/mol. The van der Waals surface area contributed by atoms with Crippen molar-refractivity contribution in [3.63, 3.8) is 0 Å². The fraction of sp³-hybridized carbons (Fsp3) is 0.312. The van der Waals surface area contributed by atoms with Gasteiger partial charge in [0.2, 0.25) is 0 Å². The molecular formula is C16H10N2O6. The second kappa shape index (κ2) is 4.08. The third-order valence-corrected chi connectivity index (χ3v) is 5.22. The van der Waals surface area contributed by atoms with E-state index in [0.29, 0.717) is 0 Å². The first-order valence-electron chi connectivity index (χ1n) is 7.47. The molecule has 0 amide bonds. The first-order chi connectivity index (χ1) is 11.5. The van der Waals surface area contributed by atoms with E-state index in [0.717, 1.165) is 11.1 Å². The van der Waals surface area contributed by atoms with Crippen molar-refractivity contribution in [1.29, 1.82) is 0 Å². The highest BCUT2D eigenvalue weighted by Gasteiger charge is 2.75. The van der Waals surface area contributed by atoms with E-state index in [1.54, 1.807) is 12.3 Å². The van der Waals surface area contributed by atoms with Crippen LogP contribution in [-0.4, -0.2) is 40.6 Å². The van der Waals surface area contributed by atoms with Crippen molar-refractivity contribution in [3.05, 3.63) is 35.4 Å². The minimum Gasteiger partial charge on any atom is -0.393 e. The van der Waals surface area contributed by atoms with E-state index >= 15 is 0 Å². The normalized spacial score (nSPS) is 35.8. The zero-order valence-electron chi connectivity index (χ0n) is 12.2. The molecule has 4 aliphatic heterocycles. The molecule has 4 aliphatic rings. The van der Waals surface area contributed by atoms with Gasteiger partial charge in [0.15, 0.2) is 5.54 Å². The quantitative estimate of drug-likeness (QED) is 0.485. The van der Waals surface area contributed by atoms with Crippen molar-refractivity contribution in [3.8, 4) is 0 Å². The molecular weight excluding hydrogens is 316 g/mol. The van der Waals surface area contributed by atoms with Crippen molar-refractivity contribution in [2.45, 2.75) is 18.0 Å². The smallest absolute Gasteiger partial charge is 0.342 e. The molecule has 1 aromatic carbocycles. The van der Waals surface area contributed by atoms with Gasteiger partial charge in [-0.25, -0.2) is 4.79 Å². The molecule has 0 N–H and O–H groups in total. The predicted molar refractivity (Wildman–Crippen MR) is 75.1 cm³/mol. The lowest BCUT2D eigenvalue weighted by atomic mass is 9.78. The number of ether oxygens (including phenoxy) is 2. The molecule has 0 aliphatic carbocycles. The Bertz CT molecular complexity index is 877. The van der Waals surface area contributed by atoms with Gasteiger partial charge in [-0.15, -0.1) is 0 Å². The van der Waals surface area contributed by atoms with Crippen molar-refractivity contribution in [2.75, 3.05) is 0 Å². The minimum atomic E-state index is -1.61. The molecule has 8 nitrogen and oxygen atoms in total. The summed E-state index contributed by atoms with van der Waals surface area (Å²) in [5.74, 6) is -5.09. The van der Waals surface area contributed by atoms with Gasteiger partial charge >= 0.3 is 23.9 Å². The highest BCUT2D eigenvalue weighted by Crippen LogP contribution is 2.58. The maximum Gasteiger partial charge on any atom is 0.342 e. The van der Waals surface area contributed by atoms with Gasteiger partial charge in [0.1, 0.15) is 5.92 Å². The Morgan fingerprint density at radius 1 is 1.08 bits per heavy atom. The van der Waals surface area contributed by atoms with Crippen molar-refractivity contribution >= 4 is 30.1 Å². The van der Waals surface area contributed by atoms with Crippen LogP contribution in [0.25, 0.3) is 0 Å². The number of carbonyl (C=O) groups is 4. The number of hydrogen-bond acceptors (Lipinski definition) is 8. The van der Waals surface area contributed by atoms with Gasteiger partial charge in [-0.1, -0.05) is 24.3 Å². The molecule has 0 aromatic heterocycles. The van der Waals surface area contributed by atoms with E-state index in [1.165, 1.54) is 5.01 Å². The Hall–Kier alpha value is -3.03. The molecule has 0 bridgehead atoms. The number of nitrogens with zero attached hydrogens (tertiary/aromatic N) is 2. The van der Waals surface area contributed by atoms with Crippen LogP contribution in [0.2, 0.25) is 0 Å². The number of cyclic esters (lactones) is 4. The van der Waals surface area contributed by atoms with E-state index in [9.17, 15) is 19.2 Å². The molecule has 3 fully saturated rings. The zero-order valence-corrected chi connectivity index (χ0v) is 12.2. The predicted octanol–water partition coefficient (Wildman–Crippen LogP) is -0.0811. The van der Waals surface area contributed by atoms with Gasteiger partial charge in [0.25, 0.3) is 0 Å². The Labute approximate surface area is 135 Å². The lowest BCUT2D eigenvalue weighted by molar-refractivity contribution is -0.163. The first kappa shape index (κ1) is 13.4. The van der Waals surface area contributed by atoms with E-state index in [1.807, 2.05) is 18.2 Å². The molecule has 4 heterocycles. The number of hydrogen-bond donors (Lipinski definition) is 0. The lowest BCUT2D eigenvalue weighted by Gasteiger charge is -2.36. The lowest BCUT2D eigenvalue weighted by Crippen LogP contribution is -2.52. The van der Waals surface area contributed by atoms with E-state index in [2.05, 4.69) is 5.10 Å². The summed E-state index contributed by atoms with van der Waals surface area (Å²) in [7, 11) is 0. The van der Waals surface area contributed by atoms with Crippen LogP contribution in [0.3, 0.4) is 0 Å². The summed E-state index contributed by atoms with van der Waals surface area (Å²) in [5.41, 5.74) is -0.0581. The molecule has 24 heavy (non-hydrogen) atoms. The van der Waals surface area contributed by atoms with Gasteiger partial charge in [0.05, 0.1) is 24.6 Å². The van der Waals surface area contributed by atoms with E-state index < -0.39 is 47.3 Å². The van der Waals surface area contributed by atoms with Crippen molar-refractivity contribution in [2.24, 2.45) is 16.9 Å². The highest BCUT2D eigenvalue weighted by atomic mass is 16.6. The highest BCUT2D eigenvalue weighted by molar-refractivity contribution is 6.09. The van der Waals surface area contributed by atoms with Crippen molar-refractivity contribution < 1.29 is 28.7 Å². The fourth-order valence-corrected chi connectivity index (χ4v) is 4.31. The van der Waals surface area contributed by atoms with E-state index in [-0.39, 0.29) is 6.42 Å². The zero-order chi connectivity index (χ0) is 16.6. The van der Waals surface area contributed by atoms with Crippen LogP contribution >= 0.6 is 0 Å². The average Bonchev–Trinajstić information content (AvgIpc) is 3.13. The van der Waals surface area contributed by atoms with Crippen LogP contribution in [0.5, 0.6) is 0 Å². The minimum absolute atomic E-state index is 0.328. The van der Waals surface area contributed by atoms with Gasteiger partial charge < -0.3 is 9.47 Å². The number of fused-ring (bicyclic) bond motifs is 7. The van der Waals surface area contributed by atoms with Crippen LogP contribution in [0.4, 0.5) is 0 Å². The molecule has 4 atom stereocenters. The number of carbonyl (C=O) groups excluding carboxylic acids is 4. The molecule has 5 rings (SSSR count). The molecule has 8 heteroatoms. The van der Waals surface area contributed by atoms with Crippen LogP contribution in [0.15, 0.2) is 29.4 Å². The second-order valence-electron chi connectivity index (χ2n) is 6.27. The number of hydrazone groups is 1. The number of rotatable bonds is 0. The summed E-state index contributed by atoms with van der Waals surface area (Å²) in [6.07, 6.45) is 1.23. The summed E-state index contributed by atoms with van der Waals surface area (Å²) in [5, 5.41) is 5.70. The van der Waals surface area contributed by atoms with Gasteiger partial charge in [-0.2, -0.15) is 5.10 Å². The number of benzene rings is 1. The fourth-order valence-electron chi connectivity index (χ4n) is 4.31. The Morgan fingerprint density at radius 3 is 2.62 bits per heavy atom. The second-order valence-corrected chi connectivity index (χ2v) is 6.27. The Kier molecular flexibility index (Phi) is 2.28. The molecule has 0 unspecified atom stereocenters. The largest absolute Gasteiger partial charge is 0.393 e. The van der Waals surface area contributed by atoms with Gasteiger partial charge in [0, 0.05) is 0 Å². The maximum absolute atomic E-state index is 12.5. The Morgan fingerprint density at radius 2 is 1.88 bits per heavy atom. The molecule has 1 spiro atoms. The summed E-state index contributed by atoms with van der Waals surface area (Å²) in [6, 6.07) is 6.63. The van der Waals surface area contributed by atoms with E-state index in [4.69, 9.17) is 9.47 Å². The van der Waals surface area contributed by atoms with Gasteiger partial charge in [-0.05, 0) is 11.1 Å². The summed E-state index contributed by atoms with van der Waals surface area (Å²) >= 11 is 0. The van der Waals surface area contributed by atoms with Crippen LogP contribution in [0, 0.1) is 11.8 Å². The molecule has 3 saturated heterocycles. The molecule has 120 valence electrons. The van der Waals surface area contributed by atoms with Crippen LogP contribution < -0.4 is 0 Å². The molecule has 0 radical (unpaired) electrons. The third-order valence-electron chi connectivity index (χ3n) is 5.22. The summed E-state index contributed by atoms with van der Waals surface area (Å²) < 4.78 is 9.50. The van der Waals surface area contributed by atoms with Crippen molar-refractivity contribution in [1.82, 2.24) is 5.01 Å². The summed E-state index contributed by atoms with van der Waals surface area (Å²) in [6.45, 7) is 0. The standard InChI is InChI=1S/C16H10N2O6/c19-9-5-16(15(22)23-9)11-10(13(20)24-14(11)21)12-8-4-2-1-3-7(8)6-17-18(12)16/h1-4,6,10-12H,5H2/t10-,11+,12-,16+/m0/s1. The third kappa shape index (κ3) is 1.33. The topological polar surface area (TPSA) is 102 Å². The molecule has 0 saturated carbocycles. The van der Waals surface area contributed by atoms with Crippen LogP contribution in [0.1, 0.15) is 23.6 Å². The SMILES string of the molecule is O=C1C[C@]2(C(=O)O1)[C@H]1C(=O)OC(=O)[C@@H]1[C@@H]1c3ccccc3C=NN12. The maximum atomic E-state index is 12.5. The number of esters is 4. The summed E-state index contributed by atoms with van der Waals surface area (Å²) in [4.78, 5) is 48.8. The molecule has 1 aromatic rings. The van der Waals surface area contributed by atoms with Gasteiger partial charge in [-0.3, -0.25) is 19.4 Å². The Balaban J connectivity index is 1.78.